The second-order valence-corrected chi connectivity index (χ2v) is 5.27. The lowest BCUT2D eigenvalue weighted by atomic mass is 10.1. The molecule has 1 aromatic heterocycles. The fourth-order valence-electron chi connectivity index (χ4n) is 1.83. The van der Waals surface area contributed by atoms with Gasteiger partial charge in [-0.2, -0.15) is 5.10 Å². The summed E-state index contributed by atoms with van der Waals surface area (Å²) in [6.45, 7) is 5.10. The lowest BCUT2D eigenvalue weighted by Gasteiger charge is -2.08. The number of benzene rings is 1. The van der Waals surface area contributed by atoms with Crippen LogP contribution in [0.3, 0.4) is 0 Å². The first-order chi connectivity index (χ1) is 8.13. The number of nitrogens with zero attached hydrogens (tertiary/aromatic N) is 2. The summed E-state index contributed by atoms with van der Waals surface area (Å²) in [7, 11) is 0. The summed E-state index contributed by atoms with van der Waals surface area (Å²) < 4.78 is 3.81. The third-order valence-electron chi connectivity index (χ3n) is 2.63. The number of hydrogen-bond acceptors (Lipinski definition) is 2. The zero-order chi connectivity index (χ0) is 12.4. The van der Waals surface area contributed by atoms with Crippen molar-refractivity contribution in [2.24, 2.45) is 0 Å². The van der Waals surface area contributed by atoms with Gasteiger partial charge in [0.25, 0.3) is 0 Å². The van der Waals surface area contributed by atoms with E-state index in [2.05, 4.69) is 52.1 Å². The predicted octanol–water partition coefficient (Wildman–Crippen LogP) is 4.09. The zero-order valence-electron chi connectivity index (χ0n) is 9.83. The van der Waals surface area contributed by atoms with Crippen LogP contribution in [0.25, 0.3) is 11.4 Å². The highest BCUT2D eigenvalue weighted by Gasteiger charge is 2.10. The van der Waals surface area contributed by atoms with Crippen molar-refractivity contribution in [3.63, 3.8) is 0 Å². The molecule has 1 N–H and O–H groups in total. The van der Waals surface area contributed by atoms with Crippen molar-refractivity contribution >= 4 is 28.1 Å². The van der Waals surface area contributed by atoms with Crippen molar-refractivity contribution < 1.29 is 0 Å². The highest BCUT2D eigenvalue weighted by atomic mass is 79.9. The van der Waals surface area contributed by atoms with Gasteiger partial charge in [-0.15, -0.1) is 0 Å². The van der Waals surface area contributed by atoms with E-state index < -0.39 is 0 Å². The maximum Gasteiger partial charge on any atom is 0.195 e. The van der Waals surface area contributed by atoms with Gasteiger partial charge < -0.3 is 4.57 Å². The van der Waals surface area contributed by atoms with Crippen LogP contribution in [0.2, 0.25) is 0 Å². The highest BCUT2D eigenvalue weighted by Crippen LogP contribution is 2.24. The number of hydrogen-bond donors (Lipinski definition) is 1. The van der Waals surface area contributed by atoms with Crippen LogP contribution in [0.1, 0.15) is 18.9 Å². The number of aromatic nitrogens is 3. The molecular weight excluding hydrogens is 298 g/mol. The first kappa shape index (κ1) is 12.5. The largest absolute Gasteiger partial charge is 0.300 e. The quantitative estimate of drug-likeness (QED) is 0.866. The van der Waals surface area contributed by atoms with E-state index in [1.165, 1.54) is 5.56 Å². The highest BCUT2D eigenvalue weighted by molar-refractivity contribution is 9.10. The van der Waals surface area contributed by atoms with Gasteiger partial charge in [0.05, 0.1) is 0 Å². The third kappa shape index (κ3) is 2.50. The van der Waals surface area contributed by atoms with Crippen LogP contribution in [0.15, 0.2) is 22.7 Å². The number of nitrogens with one attached hydrogen (secondary N) is 1. The summed E-state index contributed by atoms with van der Waals surface area (Å²) >= 11 is 8.71. The smallest absolute Gasteiger partial charge is 0.195 e. The maximum atomic E-state index is 5.24. The Balaban J connectivity index is 2.56. The molecule has 0 saturated carbocycles. The molecule has 0 unspecified atom stereocenters. The van der Waals surface area contributed by atoms with Crippen molar-refractivity contribution in [3.05, 3.63) is 33.0 Å². The van der Waals surface area contributed by atoms with Crippen LogP contribution in [0.4, 0.5) is 0 Å². The fraction of sp³-hybridized carbons (Fsp3) is 0.333. The number of H-pyrrole nitrogens is 1. The van der Waals surface area contributed by atoms with E-state index in [1.54, 1.807) is 0 Å². The van der Waals surface area contributed by atoms with Gasteiger partial charge in [0.2, 0.25) is 0 Å². The Kier molecular flexibility index (Phi) is 3.79. The Labute approximate surface area is 114 Å². The molecule has 0 aliphatic heterocycles. The molecule has 17 heavy (non-hydrogen) atoms. The molecule has 0 spiro atoms. The van der Waals surface area contributed by atoms with Gasteiger partial charge in [-0.3, -0.25) is 5.10 Å². The molecular formula is C12H14BrN3S. The van der Waals surface area contributed by atoms with Crippen LogP contribution in [-0.4, -0.2) is 14.8 Å². The fourth-order valence-corrected chi connectivity index (χ4v) is 2.53. The molecule has 0 fully saturated rings. The molecule has 0 bridgehead atoms. The summed E-state index contributed by atoms with van der Waals surface area (Å²) in [5, 5.41) is 7.19. The van der Waals surface area contributed by atoms with E-state index in [0.29, 0.717) is 4.77 Å². The third-order valence-corrected chi connectivity index (χ3v) is 3.44. The minimum absolute atomic E-state index is 0.684. The SMILES string of the molecule is CCCn1c(-c2ccc(Br)cc2C)n[nH]c1=S. The van der Waals surface area contributed by atoms with Crippen molar-refractivity contribution in [1.29, 1.82) is 0 Å². The van der Waals surface area contributed by atoms with E-state index in [-0.39, 0.29) is 0 Å². The number of halogens is 1. The summed E-state index contributed by atoms with van der Waals surface area (Å²) in [6, 6.07) is 6.18. The number of aryl methyl sites for hydroxylation is 1. The Bertz CT molecular complexity index is 586. The first-order valence-corrected chi connectivity index (χ1v) is 6.75. The van der Waals surface area contributed by atoms with Gasteiger partial charge in [0, 0.05) is 16.6 Å². The van der Waals surface area contributed by atoms with Gasteiger partial charge in [-0.1, -0.05) is 22.9 Å². The van der Waals surface area contributed by atoms with E-state index in [9.17, 15) is 0 Å². The lowest BCUT2D eigenvalue weighted by Crippen LogP contribution is -2.00. The van der Waals surface area contributed by atoms with Crippen LogP contribution in [0.5, 0.6) is 0 Å². The molecule has 0 atom stereocenters. The normalized spacial score (nSPS) is 10.8. The average Bonchev–Trinajstić information content (AvgIpc) is 2.62. The van der Waals surface area contributed by atoms with Gasteiger partial charge in [-0.25, -0.2) is 0 Å². The van der Waals surface area contributed by atoms with Gasteiger partial charge in [0.15, 0.2) is 10.6 Å². The van der Waals surface area contributed by atoms with Crippen LogP contribution in [-0.2, 0) is 6.54 Å². The zero-order valence-corrected chi connectivity index (χ0v) is 12.2. The number of aromatic amines is 1. The molecule has 1 heterocycles. The van der Waals surface area contributed by atoms with Gasteiger partial charge in [0.1, 0.15) is 0 Å². The number of rotatable bonds is 3. The molecule has 90 valence electrons. The van der Waals surface area contributed by atoms with Crippen molar-refractivity contribution in [2.75, 3.05) is 0 Å². The molecule has 5 heteroatoms. The van der Waals surface area contributed by atoms with E-state index in [4.69, 9.17) is 12.2 Å². The van der Waals surface area contributed by atoms with Crippen molar-refractivity contribution in [2.45, 2.75) is 26.8 Å². The minimum Gasteiger partial charge on any atom is -0.300 e. The Morgan fingerprint density at radius 1 is 1.47 bits per heavy atom. The molecule has 2 aromatic rings. The van der Waals surface area contributed by atoms with Crippen LogP contribution in [0, 0.1) is 11.7 Å². The van der Waals surface area contributed by atoms with E-state index in [0.717, 1.165) is 28.8 Å². The van der Waals surface area contributed by atoms with Gasteiger partial charge >= 0.3 is 0 Å². The second-order valence-electron chi connectivity index (χ2n) is 3.96. The Hall–Kier alpha value is -0.940. The molecule has 1 aromatic carbocycles. The Morgan fingerprint density at radius 3 is 2.88 bits per heavy atom. The molecule has 3 nitrogen and oxygen atoms in total. The average molecular weight is 312 g/mol. The predicted molar refractivity (Wildman–Crippen MR) is 75.6 cm³/mol. The van der Waals surface area contributed by atoms with Crippen molar-refractivity contribution in [3.8, 4) is 11.4 Å². The van der Waals surface area contributed by atoms with Gasteiger partial charge in [-0.05, 0) is 49.3 Å². The molecule has 0 saturated heterocycles. The van der Waals surface area contributed by atoms with Crippen molar-refractivity contribution in [1.82, 2.24) is 14.8 Å². The molecule has 0 radical (unpaired) electrons. The van der Waals surface area contributed by atoms with E-state index in [1.807, 2.05) is 10.6 Å². The molecule has 0 aliphatic carbocycles. The van der Waals surface area contributed by atoms with Crippen LogP contribution >= 0.6 is 28.1 Å². The summed E-state index contributed by atoms with van der Waals surface area (Å²) in [6.07, 6.45) is 1.04. The topological polar surface area (TPSA) is 33.6 Å². The first-order valence-electron chi connectivity index (χ1n) is 5.55. The summed E-state index contributed by atoms with van der Waals surface area (Å²) in [5.74, 6) is 0.918. The summed E-state index contributed by atoms with van der Waals surface area (Å²) in [5.41, 5.74) is 2.31. The monoisotopic (exact) mass is 311 g/mol. The summed E-state index contributed by atoms with van der Waals surface area (Å²) in [4.78, 5) is 0. The molecule has 0 amide bonds. The molecule has 2 rings (SSSR count). The lowest BCUT2D eigenvalue weighted by molar-refractivity contribution is 0.674. The Morgan fingerprint density at radius 2 is 2.24 bits per heavy atom. The van der Waals surface area contributed by atoms with E-state index >= 15 is 0 Å². The standard InChI is InChI=1S/C12H14BrN3S/c1-3-6-16-11(14-15-12(16)17)10-5-4-9(13)7-8(10)2/h4-5,7H,3,6H2,1-2H3,(H,15,17). The van der Waals surface area contributed by atoms with Crippen LogP contribution < -0.4 is 0 Å². The second kappa shape index (κ2) is 5.14. The molecule has 0 aliphatic rings. The minimum atomic E-state index is 0.684. The maximum absolute atomic E-state index is 5.24.